The van der Waals surface area contributed by atoms with Gasteiger partial charge in [0.05, 0.1) is 16.1 Å². The highest BCUT2D eigenvalue weighted by molar-refractivity contribution is 7.99. The summed E-state index contributed by atoms with van der Waals surface area (Å²) in [6, 6.07) is 5.46. The van der Waals surface area contributed by atoms with Crippen LogP contribution in [0.2, 0.25) is 5.02 Å². The average Bonchev–Trinajstić information content (AvgIpc) is 2.53. The highest BCUT2D eigenvalue weighted by Gasteiger charge is 2.15. The number of halogens is 1. The Morgan fingerprint density at radius 2 is 2.00 bits per heavy atom. The number of thioether (sulfide) groups is 1. The molecule has 0 saturated carbocycles. The lowest BCUT2D eigenvalue weighted by molar-refractivity contribution is 0.102. The second kappa shape index (κ2) is 7.93. The first kappa shape index (κ1) is 18.7. The molecule has 7 nitrogen and oxygen atoms in total. The number of carbonyl (C=O) groups excluding carboxylic acids is 1. The molecule has 2 aromatic rings. The molecule has 10 heteroatoms. The van der Waals surface area contributed by atoms with Crippen molar-refractivity contribution in [3.05, 3.63) is 41.2 Å². The van der Waals surface area contributed by atoms with Gasteiger partial charge in [0.15, 0.2) is 10.9 Å². The van der Waals surface area contributed by atoms with E-state index in [1.54, 1.807) is 0 Å². The third kappa shape index (κ3) is 4.91. The Morgan fingerprint density at radius 3 is 2.58 bits per heavy atom. The summed E-state index contributed by atoms with van der Waals surface area (Å²) in [5.74, 6) is 0.321. The molecule has 0 aliphatic carbocycles. The summed E-state index contributed by atoms with van der Waals surface area (Å²) in [6.07, 6.45) is 2.33. The smallest absolute Gasteiger partial charge is 0.275 e. The van der Waals surface area contributed by atoms with E-state index in [2.05, 4.69) is 15.3 Å². The van der Waals surface area contributed by atoms with Crippen LogP contribution in [0.15, 0.2) is 40.5 Å². The Bertz CT molecular complexity index is 842. The van der Waals surface area contributed by atoms with Crippen LogP contribution in [0.4, 0.5) is 5.69 Å². The number of primary sulfonamides is 1. The quantitative estimate of drug-likeness (QED) is 0.582. The monoisotopic (exact) mass is 386 g/mol. The van der Waals surface area contributed by atoms with Crippen LogP contribution in [0.3, 0.4) is 0 Å². The van der Waals surface area contributed by atoms with Crippen molar-refractivity contribution in [3.8, 4) is 0 Å². The standard InChI is InChI=1S/C14H15ClN4O3S2/c1-2-7-23-14-17-8-11(15)12(19-14)13(20)18-9-3-5-10(6-4-9)24(16,21)22/h3-6,8H,2,7H2,1H3,(H,18,20)(H2,16,21,22). The molecule has 1 amide bonds. The van der Waals surface area contributed by atoms with Gasteiger partial charge in [0.1, 0.15) is 0 Å². The fraction of sp³-hybridized carbons (Fsp3) is 0.214. The number of amides is 1. The number of benzene rings is 1. The lowest BCUT2D eigenvalue weighted by Gasteiger charge is -2.08. The summed E-state index contributed by atoms with van der Waals surface area (Å²) >= 11 is 7.42. The minimum absolute atomic E-state index is 0.0428. The summed E-state index contributed by atoms with van der Waals surface area (Å²) in [6.45, 7) is 2.03. The molecule has 0 saturated heterocycles. The number of anilines is 1. The SMILES string of the molecule is CCCSc1ncc(Cl)c(C(=O)Nc2ccc(S(N)(=O)=O)cc2)n1. The number of nitrogens with one attached hydrogen (secondary N) is 1. The molecule has 0 fully saturated rings. The second-order valence-electron chi connectivity index (χ2n) is 4.72. The van der Waals surface area contributed by atoms with E-state index < -0.39 is 15.9 Å². The molecule has 1 aromatic carbocycles. The lowest BCUT2D eigenvalue weighted by atomic mass is 10.3. The van der Waals surface area contributed by atoms with E-state index in [4.69, 9.17) is 16.7 Å². The minimum atomic E-state index is -3.78. The van der Waals surface area contributed by atoms with Gasteiger partial charge in [-0.15, -0.1) is 0 Å². The van der Waals surface area contributed by atoms with E-state index in [0.717, 1.165) is 12.2 Å². The van der Waals surface area contributed by atoms with E-state index in [0.29, 0.717) is 10.8 Å². The van der Waals surface area contributed by atoms with Crippen molar-refractivity contribution in [3.63, 3.8) is 0 Å². The molecule has 2 rings (SSSR count). The highest BCUT2D eigenvalue weighted by Crippen LogP contribution is 2.20. The van der Waals surface area contributed by atoms with Crippen molar-refractivity contribution < 1.29 is 13.2 Å². The second-order valence-corrected chi connectivity index (χ2v) is 7.75. The largest absolute Gasteiger partial charge is 0.321 e. The number of rotatable bonds is 6. The molecule has 0 unspecified atom stereocenters. The molecule has 1 heterocycles. The van der Waals surface area contributed by atoms with Crippen molar-refractivity contribution in [1.29, 1.82) is 0 Å². The van der Waals surface area contributed by atoms with Crippen LogP contribution in [0.1, 0.15) is 23.8 Å². The van der Waals surface area contributed by atoms with Gasteiger partial charge in [-0.2, -0.15) is 0 Å². The van der Waals surface area contributed by atoms with E-state index in [9.17, 15) is 13.2 Å². The number of nitrogens with zero attached hydrogens (tertiary/aromatic N) is 2. The van der Waals surface area contributed by atoms with Crippen LogP contribution in [0.5, 0.6) is 0 Å². The van der Waals surface area contributed by atoms with Crippen molar-refractivity contribution in [2.45, 2.75) is 23.4 Å². The summed E-state index contributed by atoms with van der Waals surface area (Å²) in [4.78, 5) is 20.5. The maximum atomic E-state index is 12.3. The first-order valence-corrected chi connectivity index (χ1v) is 9.82. The van der Waals surface area contributed by atoms with E-state index in [1.165, 1.54) is 42.2 Å². The Balaban J connectivity index is 2.17. The van der Waals surface area contributed by atoms with Crippen molar-refractivity contribution in [1.82, 2.24) is 9.97 Å². The van der Waals surface area contributed by atoms with Gasteiger partial charge in [-0.05, 0) is 30.7 Å². The molecule has 0 spiro atoms. The molecular formula is C14H15ClN4O3S2. The molecule has 0 atom stereocenters. The molecular weight excluding hydrogens is 372 g/mol. The number of sulfonamides is 1. The van der Waals surface area contributed by atoms with Crippen LogP contribution in [0, 0.1) is 0 Å². The summed E-state index contributed by atoms with van der Waals surface area (Å²) in [7, 11) is -3.78. The Kier molecular flexibility index (Phi) is 6.16. The van der Waals surface area contributed by atoms with Crippen LogP contribution in [-0.2, 0) is 10.0 Å². The molecule has 0 radical (unpaired) electrons. The van der Waals surface area contributed by atoms with Crippen LogP contribution in [0.25, 0.3) is 0 Å². The summed E-state index contributed by atoms with van der Waals surface area (Å²) < 4.78 is 22.4. The topological polar surface area (TPSA) is 115 Å². The van der Waals surface area contributed by atoms with Crippen molar-refractivity contribution >= 4 is 45.0 Å². The van der Waals surface area contributed by atoms with Gasteiger partial charge in [-0.1, -0.05) is 30.3 Å². The number of hydrogen-bond donors (Lipinski definition) is 2. The maximum Gasteiger partial charge on any atom is 0.275 e. The molecule has 0 aliphatic rings. The van der Waals surface area contributed by atoms with Gasteiger partial charge < -0.3 is 5.32 Å². The van der Waals surface area contributed by atoms with E-state index in [-0.39, 0.29) is 15.6 Å². The number of carbonyl (C=O) groups is 1. The first-order valence-electron chi connectivity index (χ1n) is 6.91. The van der Waals surface area contributed by atoms with Gasteiger partial charge in [0, 0.05) is 11.4 Å². The Hall–Kier alpha value is -1.68. The average molecular weight is 387 g/mol. The molecule has 128 valence electrons. The zero-order valence-corrected chi connectivity index (χ0v) is 15.1. The number of hydrogen-bond acceptors (Lipinski definition) is 6. The van der Waals surface area contributed by atoms with Crippen LogP contribution >= 0.6 is 23.4 Å². The van der Waals surface area contributed by atoms with Crippen LogP contribution in [-0.4, -0.2) is 30.0 Å². The van der Waals surface area contributed by atoms with Gasteiger partial charge >= 0.3 is 0 Å². The molecule has 1 aromatic heterocycles. The van der Waals surface area contributed by atoms with Crippen molar-refractivity contribution in [2.75, 3.05) is 11.1 Å². The van der Waals surface area contributed by atoms with Gasteiger partial charge in [-0.25, -0.2) is 23.5 Å². The molecule has 0 aliphatic heterocycles. The first-order chi connectivity index (χ1) is 11.3. The molecule has 0 bridgehead atoms. The fourth-order valence-electron chi connectivity index (χ4n) is 1.69. The van der Waals surface area contributed by atoms with Gasteiger partial charge in [0.25, 0.3) is 5.91 Å². The normalized spacial score (nSPS) is 11.3. The Labute approximate surface area is 149 Å². The lowest BCUT2D eigenvalue weighted by Crippen LogP contribution is -2.16. The van der Waals surface area contributed by atoms with Gasteiger partial charge in [0.2, 0.25) is 10.0 Å². The zero-order valence-electron chi connectivity index (χ0n) is 12.7. The number of nitrogens with two attached hydrogens (primary N) is 1. The third-order valence-corrected chi connectivity index (χ3v) is 5.09. The summed E-state index contributed by atoms with van der Waals surface area (Å²) in [5.41, 5.74) is 0.450. The van der Waals surface area contributed by atoms with Crippen molar-refractivity contribution in [2.24, 2.45) is 5.14 Å². The zero-order chi connectivity index (χ0) is 17.7. The van der Waals surface area contributed by atoms with Crippen LogP contribution < -0.4 is 10.5 Å². The van der Waals surface area contributed by atoms with E-state index >= 15 is 0 Å². The van der Waals surface area contributed by atoms with E-state index in [1.807, 2.05) is 6.92 Å². The number of aromatic nitrogens is 2. The Morgan fingerprint density at radius 1 is 1.33 bits per heavy atom. The molecule has 3 N–H and O–H groups in total. The minimum Gasteiger partial charge on any atom is -0.321 e. The molecule has 24 heavy (non-hydrogen) atoms. The highest BCUT2D eigenvalue weighted by atomic mass is 35.5. The third-order valence-electron chi connectivity index (χ3n) is 2.81. The van der Waals surface area contributed by atoms with Gasteiger partial charge in [-0.3, -0.25) is 4.79 Å². The summed E-state index contributed by atoms with van der Waals surface area (Å²) in [5, 5.41) is 8.23. The maximum absolute atomic E-state index is 12.3. The predicted molar refractivity (Wildman–Crippen MR) is 93.8 cm³/mol. The fourth-order valence-corrected chi connectivity index (χ4v) is 3.05. The predicted octanol–water partition coefficient (Wildman–Crippen LogP) is 2.53.